The molecule has 0 aliphatic carbocycles. The topological polar surface area (TPSA) is 47.3 Å². The van der Waals surface area contributed by atoms with Gasteiger partial charge in [0.05, 0.1) is 4.53 Å². The molecule has 27 heavy (non-hydrogen) atoms. The molecule has 0 bridgehead atoms. The number of fused-ring (bicyclic) bond motifs is 1. The van der Waals surface area contributed by atoms with Gasteiger partial charge in [-0.25, -0.2) is 0 Å². The molecule has 4 nitrogen and oxygen atoms in total. The fraction of sp³-hybridized carbons (Fsp3) is 0. The van der Waals surface area contributed by atoms with Crippen molar-refractivity contribution in [1.82, 2.24) is 14.6 Å². The number of hydrogen-bond donors (Lipinski definition) is 0. The van der Waals surface area contributed by atoms with Crippen LogP contribution in [-0.2, 0) is 0 Å². The van der Waals surface area contributed by atoms with Crippen molar-refractivity contribution >= 4 is 52.2 Å². The maximum atomic E-state index is 12.5. The van der Waals surface area contributed by atoms with E-state index in [-0.39, 0.29) is 5.56 Å². The average molecular weight is 392 g/mol. The van der Waals surface area contributed by atoms with E-state index in [0.29, 0.717) is 20.3 Å². The molecule has 0 saturated heterocycles. The van der Waals surface area contributed by atoms with Crippen molar-refractivity contribution in [2.24, 2.45) is 0 Å². The van der Waals surface area contributed by atoms with E-state index in [1.807, 2.05) is 72.8 Å². The quantitative estimate of drug-likeness (QED) is 0.524. The summed E-state index contributed by atoms with van der Waals surface area (Å²) in [6, 6.07) is 17.4. The van der Waals surface area contributed by atoms with Crippen molar-refractivity contribution in [2.75, 3.05) is 0 Å². The third kappa shape index (κ3) is 4.05. The van der Waals surface area contributed by atoms with Crippen molar-refractivity contribution in [2.45, 2.75) is 0 Å². The molecule has 0 fully saturated rings. The molecule has 4 rings (SSSR count). The largest absolute Gasteiger partial charge is 0.291 e. The minimum absolute atomic E-state index is 0.161. The lowest BCUT2D eigenvalue weighted by molar-refractivity contribution is 0.925. The molecule has 6 heteroatoms. The number of rotatable bonds is 4. The summed E-state index contributed by atoms with van der Waals surface area (Å²) in [6.45, 7) is 0. The fourth-order valence-corrected chi connectivity index (χ4v) is 3.48. The number of nitrogens with zero attached hydrogens (tertiary/aromatic N) is 3. The number of benzene rings is 2. The zero-order chi connectivity index (χ0) is 18.6. The third-order valence-corrected chi connectivity index (χ3v) is 5.06. The Hall–Kier alpha value is -3.02. The van der Waals surface area contributed by atoms with Crippen LogP contribution in [0.2, 0.25) is 5.02 Å². The summed E-state index contributed by atoms with van der Waals surface area (Å²) in [6.07, 6.45) is 9.27. The van der Waals surface area contributed by atoms with Crippen LogP contribution in [0.5, 0.6) is 0 Å². The van der Waals surface area contributed by atoms with E-state index in [1.165, 1.54) is 15.9 Å². The highest BCUT2D eigenvalue weighted by atomic mass is 35.5. The second-order valence-corrected chi connectivity index (χ2v) is 7.20. The van der Waals surface area contributed by atoms with Crippen LogP contribution in [0.1, 0.15) is 17.0 Å². The van der Waals surface area contributed by atoms with Gasteiger partial charge in [0.15, 0.2) is 5.82 Å². The van der Waals surface area contributed by atoms with Gasteiger partial charge < -0.3 is 0 Å². The van der Waals surface area contributed by atoms with Crippen molar-refractivity contribution in [1.29, 1.82) is 0 Å². The first-order chi connectivity index (χ1) is 13.2. The molecular weight excluding hydrogens is 378 g/mol. The molecule has 0 aliphatic rings. The number of halogens is 1. The van der Waals surface area contributed by atoms with Gasteiger partial charge in [0, 0.05) is 5.02 Å². The predicted molar refractivity (Wildman–Crippen MR) is 113 cm³/mol. The molecule has 0 unspecified atom stereocenters. The molecule has 0 aliphatic heterocycles. The number of aromatic nitrogens is 3. The number of allylic oxidation sites excluding steroid dienone is 1. The third-order valence-electron chi connectivity index (χ3n) is 3.83. The van der Waals surface area contributed by atoms with Crippen LogP contribution in [0.15, 0.2) is 65.5 Å². The molecule has 2 aromatic carbocycles. The second-order valence-electron chi connectivity index (χ2n) is 5.76. The Morgan fingerprint density at radius 1 is 0.926 bits per heavy atom. The molecular formula is C21H14ClN3OS. The monoisotopic (exact) mass is 391 g/mol. The minimum atomic E-state index is -0.161. The lowest BCUT2D eigenvalue weighted by Crippen LogP contribution is -2.23. The van der Waals surface area contributed by atoms with Crippen molar-refractivity contribution < 1.29 is 0 Å². The average Bonchev–Trinajstić information content (AvgIpc) is 3.21. The Morgan fingerprint density at radius 2 is 1.67 bits per heavy atom. The molecule has 4 aromatic rings. The van der Waals surface area contributed by atoms with E-state index in [4.69, 9.17) is 11.6 Å². The highest BCUT2D eigenvalue weighted by Gasteiger charge is 2.08. The Morgan fingerprint density at radius 3 is 2.41 bits per heavy atom. The first kappa shape index (κ1) is 17.4. The molecule has 0 amide bonds. The van der Waals surface area contributed by atoms with Crippen LogP contribution < -0.4 is 10.1 Å². The van der Waals surface area contributed by atoms with E-state index < -0.39 is 0 Å². The summed E-state index contributed by atoms with van der Waals surface area (Å²) in [5, 5.41) is 4.97. The molecule has 0 radical (unpaired) electrons. The second kappa shape index (κ2) is 7.70. The zero-order valence-electron chi connectivity index (χ0n) is 14.1. The molecule has 2 aromatic heterocycles. The van der Waals surface area contributed by atoms with Crippen LogP contribution >= 0.6 is 22.9 Å². The van der Waals surface area contributed by atoms with Gasteiger partial charge in [0.2, 0.25) is 4.96 Å². The number of hydrogen-bond acceptors (Lipinski definition) is 4. The Bertz CT molecular complexity index is 1240. The van der Waals surface area contributed by atoms with Gasteiger partial charge in [-0.1, -0.05) is 83.6 Å². The predicted octanol–water partition coefficient (Wildman–Crippen LogP) is 4.19. The van der Waals surface area contributed by atoms with Crippen LogP contribution in [0.4, 0.5) is 0 Å². The minimum Gasteiger partial charge on any atom is -0.266 e. The van der Waals surface area contributed by atoms with E-state index >= 15 is 0 Å². The zero-order valence-corrected chi connectivity index (χ0v) is 15.7. The van der Waals surface area contributed by atoms with Crippen LogP contribution in [-0.4, -0.2) is 14.6 Å². The summed E-state index contributed by atoms with van der Waals surface area (Å²) in [5.41, 5.74) is 1.90. The highest BCUT2D eigenvalue weighted by molar-refractivity contribution is 7.15. The maximum Gasteiger partial charge on any atom is 0.291 e. The van der Waals surface area contributed by atoms with Gasteiger partial charge in [0.25, 0.3) is 5.56 Å². The van der Waals surface area contributed by atoms with E-state index in [1.54, 1.807) is 12.2 Å². The lowest BCUT2D eigenvalue weighted by Gasteiger charge is -1.91. The molecule has 0 atom stereocenters. The van der Waals surface area contributed by atoms with Crippen LogP contribution in [0, 0.1) is 0 Å². The fourth-order valence-electron chi connectivity index (χ4n) is 2.49. The maximum absolute atomic E-state index is 12.5. The van der Waals surface area contributed by atoms with Crippen molar-refractivity contribution in [3.05, 3.63) is 97.5 Å². The van der Waals surface area contributed by atoms with Gasteiger partial charge in [-0.05, 0) is 35.4 Å². The molecule has 0 saturated carbocycles. The Balaban J connectivity index is 1.58. The molecule has 2 heterocycles. The van der Waals surface area contributed by atoms with E-state index in [9.17, 15) is 4.79 Å². The van der Waals surface area contributed by atoms with Crippen LogP contribution in [0.3, 0.4) is 0 Å². The summed E-state index contributed by atoms with van der Waals surface area (Å²) in [4.78, 5) is 17.4. The summed E-state index contributed by atoms with van der Waals surface area (Å²) in [5.74, 6) is 0.500. The Kier molecular flexibility index (Phi) is 4.96. The van der Waals surface area contributed by atoms with Gasteiger partial charge in [-0.2, -0.15) is 9.50 Å². The highest BCUT2D eigenvalue weighted by Crippen LogP contribution is 2.12. The first-order valence-corrected chi connectivity index (χ1v) is 9.45. The molecule has 0 spiro atoms. The summed E-state index contributed by atoms with van der Waals surface area (Å²) in [7, 11) is 0. The SMILES string of the molecule is O=c1/c(=C/C=C/c2ccccc2)sc2nc(/C=C/c3ccc(Cl)cc3)nn12. The summed E-state index contributed by atoms with van der Waals surface area (Å²) < 4.78 is 1.94. The van der Waals surface area contributed by atoms with Crippen molar-refractivity contribution in [3.63, 3.8) is 0 Å². The van der Waals surface area contributed by atoms with Gasteiger partial charge >= 0.3 is 0 Å². The van der Waals surface area contributed by atoms with Gasteiger partial charge in [-0.15, -0.1) is 5.10 Å². The number of thiazole rings is 1. The van der Waals surface area contributed by atoms with Crippen LogP contribution in [0.25, 0.3) is 29.3 Å². The smallest absolute Gasteiger partial charge is 0.266 e. The van der Waals surface area contributed by atoms with E-state index in [0.717, 1.165) is 11.1 Å². The standard InChI is InChI=1S/C21H14ClN3OS/c22-17-12-9-16(10-13-17)11-14-19-23-21-25(24-19)20(26)18(27-21)8-4-7-15-5-2-1-3-6-15/h1-14H/b7-4+,14-11+,18-8-. The van der Waals surface area contributed by atoms with Gasteiger partial charge in [0.1, 0.15) is 0 Å². The lowest BCUT2D eigenvalue weighted by atomic mass is 10.2. The Labute approximate surface area is 164 Å². The van der Waals surface area contributed by atoms with Crippen molar-refractivity contribution in [3.8, 4) is 0 Å². The molecule has 132 valence electrons. The van der Waals surface area contributed by atoms with E-state index in [2.05, 4.69) is 10.1 Å². The normalized spacial score (nSPS) is 12.7. The summed E-state index contributed by atoms with van der Waals surface area (Å²) >= 11 is 7.20. The first-order valence-electron chi connectivity index (χ1n) is 8.26. The van der Waals surface area contributed by atoms with Gasteiger partial charge in [-0.3, -0.25) is 4.79 Å². The molecule has 0 N–H and O–H groups in total.